The van der Waals surface area contributed by atoms with E-state index in [0.29, 0.717) is 36.6 Å². The Balaban J connectivity index is 0.00000341. The minimum atomic E-state index is -0.368. The molecule has 1 heterocycles. The van der Waals surface area contributed by atoms with E-state index < -0.39 is 0 Å². The molecule has 0 spiro atoms. The molecule has 6 nitrogen and oxygen atoms in total. The van der Waals surface area contributed by atoms with Gasteiger partial charge in [0.1, 0.15) is 5.82 Å². The lowest BCUT2D eigenvalue weighted by Gasteiger charge is -2.18. The molecule has 1 aliphatic heterocycles. The van der Waals surface area contributed by atoms with E-state index in [-0.39, 0.29) is 48.2 Å². The van der Waals surface area contributed by atoms with Crippen molar-refractivity contribution in [2.45, 2.75) is 19.4 Å². The highest BCUT2D eigenvalue weighted by Crippen LogP contribution is 2.17. The van der Waals surface area contributed by atoms with Crippen LogP contribution >= 0.6 is 24.0 Å². The molecule has 2 N–H and O–H groups in total. The minimum absolute atomic E-state index is 0. The van der Waals surface area contributed by atoms with Gasteiger partial charge in [0.25, 0.3) is 0 Å². The normalized spacial score (nSPS) is 15.9. The molecule has 0 aliphatic carbocycles. The Morgan fingerprint density at radius 3 is 2.74 bits per heavy atom. The largest absolute Gasteiger partial charge is 0.356 e. The van der Waals surface area contributed by atoms with E-state index in [0.717, 1.165) is 13.0 Å². The van der Waals surface area contributed by atoms with E-state index in [1.165, 1.54) is 23.8 Å². The zero-order valence-electron chi connectivity index (χ0n) is 17.5. The van der Waals surface area contributed by atoms with Gasteiger partial charge in [-0.05, 0) is 30.2 Å². The maximum Gasteiger partial charge on any atom is 0.223 e. The number of carbonyl (C=O) groups is 1. The van der Waals surface area contributed by atoms with Crippen LogP contribution in [0.3, 0.4) is 0 Å². The van der Waals surface area contributed by atoms with Crippen molar-refractivity contribution in [1.29, 1.82) is 5.26 Å². The van der Waals surface area contributed by atoms with E-state index in [1.54, 1.807) is 7.05 Å². The van der Waals surface area contributed by atoms with Gasteiger partial charge < -0.3 is 15.5 Å². The van der Waals surface area contributed by atoms with Crippen LogP contribution in [-0.2, 0) is 17.8 Å². The Labute approximate surface area is 199 Å². The third kappa shape index (κ3) is 7.21. The average molecular weight is 535 g/mol. The molecule has 2 aromatic carbocycles. The number of hydrogen-bond acceptors (Lipinski definition) is 3. The number of nitrogens with zero attached hydrogens (tertiary/aromatic N) is 3. The monoisotopic (exact) mass is 535 g/mol. The summed E-state index contributed by atoms with van der Waals surface area (Å²) in [6, 6.07) is 16.4. The second kappa shape index (κ2) is 12.2. The summed E-state index contributed by atoms with van der Waals surface area (Å²) in [5.74, 6) is 0.542. The summed E-state index contributed by atoms with van der Waals surface area (Å²) in [5, 5.41) is 15.2. The molecule has 2 aromatic rings. The van der Waals surface area contributed by atoms with Crippen LogP contribution < -0.4 is 10.6 Å². The number of guanidine groups is 1. The van der Waals surface area contributed by atoms with Crippen LogP contribution in [0.2, 0.25) is 0 Å². The first-order valence-corrected chi connectivity index (χ1v) is 10.0. The van der Waals surface area contributed by atoms with E-state index in [1.807, 2.05) is 29.2 Å². The molecule has 1 unspecified atom stereocenters. The van der Waals surface area contributed by atoms with Gasteiger partial charge in [0.2, 0.25) is 5.91 Å². The molecule has 164 valence electrons. The summed E-state index contributed by atoms with van der Waals surface area (Å²) >= 11 is 0. The number of benzene rings is 2. The molecule has 8 heteroatoms. The Bertz CT molecular complexity index is 945. The third-order valence-corrected chi connectivity index (χ3v) is 5.21. The zero-order chi connectivity index (χ0) is 21.3. The summed E-state index contributed by atoms with van der Waals surface area (Å²) in [7, 11) is 1.64. The smallest absolute Gasteiger partial charge is 0.223 e. The van der Waals surface area contributed by atoms with E-state index >= 15 is 0 Å². The van der Waals surface area contributed by atoms with Gasteiger partial charge in [-0.25, -0.2) is 4.39 Å². The fourth-order valence-corrected chi connectivity index (χ4v) is 3.54. The number of amides is 1. The van der Waals surface area contributed by atoms with Crippen LogP contribution in [0.5, 0.6) is 0 Å². The standard InChI is InChI=1S/C23H26FN5O.HI/c1-26-23(28-15-20-11-18(13-25)7-8-21(20)24)27-14-19-12-22(30)29(16-19)10-9-17-5-3-2-4-6-17;/h2-8,11,19H,9-10,12,14-16H2,1H3,(H2,26,27,28);1H. The summed E-state index contributed by atoms with van der Waals surface area (Å²) in [6.45, 7) is 2.26. The summed E-state index contributed by atoms with van der Waals surface area (Å²) in [6.07, 6.45) is 1.36. The fourth-order valence-electron chi connectivity index (χ4n) is 3.54. The van der Waals surface area contributed by atoms with Gasteiger partial charge in [-0.15, -0.1) is 24.0 Å². The van der Waals surface area contributed by atoms with Crippen molar-refractivity contribution in [1.82, 2.24) is 15.5 Å². The summed E-state index contributed by atoms with van der Waals surface area (Å²) in [5.41, 5.74) is 2.04. The molecule has 1 atom stereocenters. The highest BCUT2D eigenvalue weighted by atomic mass is 127. The summed E-state index contributed by atoms with van der Waals surface area (Å²) in [4.78, 5) is 18.4. The zero-order valence-corrected chi connectivity index (χ0v) is 19.8. The molecule has 1 amide bonds. The number of rotatable bonds is 7. The number of halogens is 2. The highest BCUT2D eigenvalue weighted by Gasteiger charge is 2.29. The van der Waals surface area contributed by atoms with Crippen LogP contribution in [0.25, 0.3) is 0 Å². The topological polar surface area (TPSA) is 80.5 Å². The predicted octanol–water partition coefficient (Wildman–Crippen LogP) is 3.07. The lowest BCUT2D eigenvalue weighted by molar-refractivity contribution is -0.127. The maximum atomic E-state index is 13.9. The van der Waals surface area contributed by atoms with Gasteiger partial charge in [-0.3, -0.25) is 9.79 Å². The van der Waals surface area contributed by atoms with Gasteiger partial charge in [0.05, 0.1) is 11.6 Å². The number of hydrogen-bond donors (Lipinski definition) is 2. The number of likely N-dealkylation sites (tertiary alicyclic amines) is 1. The molecule has 0 bridgehead atoms. The third-order valence-electron chi connectivity index (χ3n) is 5.21. The predicted molar refractivity (Wildman–Crippen MR) is 130 cm³/mol. The van der Waals surface area contributed by atoms with Crippen LogP contribution in [0.1, 0.15) is 23.1 Å². The molecular formula is C23H27FIN5O. The first-order chi connectivity index (χ1) is 14.6. The molecule has 31 heavy (non-hydrogen) atoms. The maximum absolute atomic E-state index is 13.9. The number of nitrogens with one attached hydrogen (secondary N) is 2. The lowest BCUT2D eigenvalue weighted by atomic mass is 10.1. The molecule has 1 aliphatic rings. The molecule has 0 radical (unpaired) electrons. The average Bonchev–Trinajstić information content (AvgIpc) is 3.13. The fraction of sp³-hybridized carbons (Fsp3) is 0.348. The van der Waals surface area contributed by atoms with Crippen molar-refractivity contribution in [2.75, 3.05) is 26.7 Å². The Hall–Kier alpha value is -2.67. The SMILES string of the molecule is CN=C(NCc1cc(C#N)ccc1F)NCC1CC(=O)N(CCc2ccccc2)C1.I. The quantitative estimate of drug-likeness (QED) is 0.325. The van der Waals surface area contributed by atoms with Crippen molar-refractivity contribution >= 4 is 35.8 Å². The van der Waals surface area contributed by atoms with Crippen LogP contribution in [-0.4, -0.2) is 43.4 Å². The second-order valence-electron chi connectivity index (χ2n) is 7.37. The molecule has 3 rings (SSSR count). The van der Waals surface area contributed by atoms with Crippen molar-refractivity contribution in [3.05, 3.63) is 71.0 Å². The first kappa shape index (κ1) is 24.6. The number of aliphatic imine (C=N–C) groups is 1. The molecular weight excluding hydrogens is 508 g/mol. The van der Waals surface area contributed by atoms with Gasteiger partial charge in [0.15, 0.2) is 5.96 Å². The van der Waals surface area contributed by atoms with Crippen molar-refractivity contribution in [3.8, 4) is 6.07 Å². The van der Waals surface area contributed by atoms with E-state index in [4.69, 9.17) is 5.26 Å². The van der Waals surface area contributed by atoms with E-state index in [2.05, 4.69) is 27.8 Å². The lowest BCUT2D eigenvalue weighted by Crippen LogP contribution is -2.40. The summed E-state index contributed by atoms with van der Waals surface area (Å²) < 4.78 is 13.9. The van der Waals surface area contributed by atoms with Gasteiger partial charge in [-0.2, -0.15) is 5.26 Å². The highest BCUT2D eigenvalue weighted by molar-refractivity contribution is 14.0. The Kier molecular flexibility index (Phi) is 9.72. The van der Waals surface area contributed by atoms with Gasteiger partial charge in [0, 0.05) is 51.1 Å². The van der Waals surface area contributed by atoms with Crippen LogP contribution in [0, 0.1) is 23.1 Å². The molecule has 1 fully saturated rings. The van der Waals surface area contributed by atoms with E-state index in [9.17, 15) is 9.18 Å². The van der Waals surface area contributed by atoms with Crippen LogP contribution in [0.15, 0.2) is 53.5 Å². The minimum Gasteiger partial charge on any atom is -0.356 e. The van der Waals surface area contributed by atoms with Crippen molar-refractivity contribution < 1.29 is 9.18 Å². The molecule has 0 aromatic heterocycles. The van der Waals surface area contributed by atoms with Gasteiger partial charge >= 0.3 is 0 Å². The molecule has 1 saturated heterocycles. The second-order valence-corrected chi connectivity index (χ2v) is 7.37. The molecule has 0 saturated carbocycles. The van der Waals surface area contributed by atoms with Crippen molar-refractivity contribution in [2.24, 2.45) is 10.9 Å². The first-order valence-electron chi connectivity index (χ1n) is 10.0. The Morgan fingerprint density at radius 1 is 1.26 bits per heavy atom. The van der Waals surface area contributed by atoms with Gasteiger partial charge in [-0.1, -0.05) is 30.3 Å². The Morgan fingerprint density at radius 2 is 2.03 bits per heavy atom. The number of carbonyl (C=O) groups excluding carboxylic acids is 1. The number of nitriles is 1. The van der Waals surface area contributed by atoms with Crippen LogP contribution in [0.4, 0.5) is 4.39 Å². The van der Waals surface area contributed by atoms with Crippen molar-refractivity contribution in [3.63, 3.8) is 0 Å².